The summed E-state index contributed by atoms with van der Waals surface area (Å²) < 4.78 is 5.34. The molecule has 0 radical (unpaired) electrons. The number of morpholine rings is 1. The van der Waals surface area contributed by atoms with Crippen LogP contribution in [0.2, 0.25) is 0 Å². The number of carbonyl (C=O) groups excluding carboxylic acids is 1. The Bertz CT molecular complexity index is 245. The molecule has 0 aliphatic carbocycles. The van der Waals surface area contributed by atoms with Crippen molar-refractivity contribution in [2.75, 3.05) is 19.7 Å². The van der Waals surface area contributed by atoms with Gasteiger partial charge in [0.2, 0.25) is 5.91 Å². The summed E-state index contributed by atoms with van der Waals surface area (Å²) in [6, 6.07) is 0. The van der Waals surface area contributed by atoms with Gasteiger partial charge in [-0.3, -0.25) is 4.79 Å². The van der Waals surface area contributed by atoms with Gasteiger partial charge in [-0.05, 0) is 13.8 Å². The van der Waals surface area contributed by atoms with Crippen LogP contribution in [0.5, 0.6) is 0 Å². The van der Waals surface area contributed by atoms with Gasteiger partial charge in [-0.25, -0.2) is 0 Å². The lowest BCUT2D eigenvalue weighted by Gasteiger charge is -2.32. The smallest absolute Gasteiger partial charge is 0.232 e. The topological polar surface area (TPSA) is 55.6 Å². The first-order valence-electron chi connectivity index (χ1n) is 4.72. The minimum Gasteiger partial charge on any atom is -0.393 e. The van der Waals surface area contributed by atoms with Crippen molar-refractivity contribution in [1.82, 2.24) is 4.90 Å². The van der Waals surface area contributed by atoms with Crippen molar-refractivity contribution in [2.24, 2.45) is 11.7 Å². The third-order valence-corrected chi connectivity index (χ3v) is 2.70. The molecule has 80 valence electrons. The molecule has 2 N–H and O–H groups in total. The lowest BCUT2D eigenvalue weighted by Crippen LogP contribution is -2.48. The van der Waals surface area contributed by atoms with E-state index < -0.39 is 0 Å². The Labute approximate surface area is 89.4 Å². The fourth-order valence-corrected chi connectivity index (χ4v) is 1.51. The summed E-state index contributed by atoms with van der Waals surface area (Å²) in [7, 11) is 0. The normalized spacial score (nSPS) is 24.4. The molecule has 1 heterocycles. The lowest BCUT2D eigenvalue weighted by molar-refractivity contribution is -0.139. The Morgan fingerprint density at radius 3 is 2.86 bits per heavy atom. The van der Waals surface area contributed by atoms with Gasteiger partial charge in [-0.15, -0.1) is 0 Å². The monoisotopic (exact) mass is 216 g/mol. The van der Waals surface area contributed by atoms with Crippen molar-refractivity contribution in [3.8, 4) is 0 Å². The van der Waals surface area contributed by atoms with Gasteiger partial charge in [0.15, 0.2) is 0 Å². The number of rotatable bonds is 2. The number of nitrogens with two attached hydrogens (primary N) is 1. The molecular formula is C9H16N2O2S. The molecule has 14 heavy (non-hydrogen) atoms. The largest absolute Gasteiger partial charge is 0.393 e. The Balaban J connectivity index is 2.55. The number of carbonyl (C=O) groups is 1. The van der Waals surface area contributed by atoms with Crippen LogP contribution < -0.4 is 5.73 Å². The Morgan fingerprint density at radius 2 is 2.36 bits per heavy atom. The van der Waals surface area contributed by atoms with Crippen LogP contribution >= 0.6 is 12.2 Å². The second kappa shape index (κ2) is 4.70. The van der Waals surface area contributed by atoms with E-state index in [1.54, 1.807) is 11.8 Å². The predicted molar refractivity (Wildman–Crippen MR) is 57.9 cm³/mol. The molecule has 1 fully saturated rings. The van der Waals surface area contributed by atoms with E-state index in [1.807, 2.05) is 6.92 Å². The van der Waals surface area contributed by atoms with Crippen molar-refractivity contribution < 1.29 is 9.53 Å². The highest BCUT2D eigenvalue weighted by atomic mass is 32.1. The minimum atomic E-state index is -0.365. The van der Waals surface area contributed by atoms with Crippen LogP contribution in [-0.4, -0.2) is 41.6 Å². The molecule has 0 saturated carbocycles. The molecule has 2 atom stereocenters. The summed E-state index contributed by atoms with van der Waals surface area (Å²) >= 11 is 4.79. The summed E-state index contributed by atoms with van der Waals surface area (Å²) in [4.78, 5) is 13.8. The van der Waals surface area contributed by atoms with E-state index in [0.29, 0.717) is 19.7 Å². The van der Waals surface area contributed by atoms with E-state index in [4.69, 9.17) is 22.7 Å². The van der Waals surface area contributed by atoms with Crippen LogP contribution in [0.4, 0.5) is 0 Å². The average molecular weight is 216 g/mol. The van der Waals surface area contributed by atoms with E-state index in [-0.39, 0.29) is 22.9 Å². The number of nitrogens with zero attached hydrogens (tertiary/aromatic N) is 1. The molecule has 1 saturated heterocycles. The molecule has 0 aromatic rings. The van der Waals surface area contributed by atoms with Crippen LogP contribution in [0.15, 0.2) is 0 Å². The standard InChI is InChI=1S/C9H16N2O2S/c1-6-5-11(3-4-13-6)9(12)7(2)8(10)14/h6-7H,3-5H2,1-2H3,(H2,10,14). The van der Waals surface area contributed by atoms with Gasteiger partial charge in [0.1, 0.15) is 0 Å². The highest BCUT2D eigenvalue weighted by Gasteiger charge is 2.26. The van der Waals surface area contributed by atoms with E-state index in [0.717, 1.165) is 0 Å². The molecule has 0 aromatic heterocycles. The summed E-state index contributed by atoms with van der Waals surface area (Å²) in [5.74, 6) is -0.358. The van der Waals surface area contributed by atoms with Crippen molar-refractivity contribution >= 4 is 23.1 Å². The summed E-state index contributed by atoms with van der Waals surface area (Å²) in [5, 5.41) is 0. The van der Waals surface area contributed by atoms with Crippen LogP contribution in [0.1, 0.15) is 13.8 Å². The Morgan fingerprint density at radius 1 is 1.71 bits per heavy atom. The van der Waals surface area contributed by atoms with Gasteiger partial charge in [0.25, 0.3) is 0 Å². The van der Waals surface area contributed by atoms with Crippen LogP contribution in [0.25, 0.3) is 0 Å². The summed E-state index contributed by atoms with van der Waals surface area (Å²) in [6.07, 6.45) is 0.103. The van der Waals surface area contributed by atoms with Gasteiger partial charge in [0, 0.05) is 13.1 Å². The Hall–Kier alpha value is -0.680. The zero-order chi connectivity index (χ0) is 10.7. The minimum absolute atomic E-state index is 0.00708. The molecule has 5 heteroatoms. The second-order valence-corrected chi connectivity index (χ2v) is 4.06. The van der Waals surface area contributed by atoms with E-state index in [9.17, 15) is 4.79 Å². The fraction of sp³-hybridized carbons (Fsp3) is 0.778. The number of amides is 1. The van der Waals surface area contributed by atoms with Crippen molar-refractivity contribution in [3.05, 3.63) is 0 Å². The molecule has 1 rings (SSSR count). The first-order valence-corrected chi connectivity index (χ1v) is 5.13. The van der Waals surface area contributed by atoms with Crippen LogP contribution in [-0.2, 0) is 9.53 Å². The van der Waals surface area contributed by atoms with Crippen LogP contribution in [0.3, 0.4) is 0 Å². The summed E-state index contributed by atoms with van der Waals surface area (Å²) in [5.41, 5.74) is 5.43. The Kier molecular flexibility index (Phi) is 3.83. The maximum Gasteiger partial charge on any atom is 0.232 e. The van der Waals surface area contributed by atoms with Gasteiger partial charge in [0.05, 0.1) is 23.6 Å². The number of thiocarbonyl (C=S) groups is 1. The van der Waals surface area contributed by atoms with E-state index >= 15 is 0 Å². The second-order valence-electron chi connectivity index (χ2n) is 3.59. The molecule has 0 aromatic carbocycles. The van der Waals surface area contributed by atoms with Gasteiger partial charge >= 0.3 is 0 Å². The van der Waals surface area contributed by atoms with E-state index in [1.165, 1.54) is 0 Å². The average Bonchev–Trinajstić information content (AvgIpc) is 2.15. The highest BCUT2D eigenvalue weighted by Crippen LogP contribution is 2.09. The van der Waals surface area contributed by atoms with Gasteiger partial charge in [-0.1, -0.05) is 12.2 Å². The number of ether oxygens (including phenoxy) is 1. The number of hydrogen-bond donors (Lipinski definition) is 1. The SMILES string of the molecule is CC1CN(C(=O)C(C)C(N)=S)CCO1. The quantitative estimate of drug-likeness (QED) is 0.668. The highest BCUT2D eigenvalue weighted by molar-refractivity contribution is 7.80. The molecular weight excluding hydrogens is 200 g/mol. The zero-order valence-electron chi connectivity index (χ0n) is 8.53. The molecule has 2 unspecified atom stereocenters. The molecule has 1 amide bonds. The third kappa shape index (κ3) is 2.65. The predicted octanol–water partition coefficient (Wildman–Crippen LogP) is 0.156. The molecule has 0 bridgehead atoms. The maximum absolute atomic E-state index is 11.8. The van der Waals surface area contributed by atoms with Crippen LogP contribution in [0, 0.1) is 5.92 Å². The maximum atomic E-state index is 11.8. The van der Waals surface area contributed by atoms with Gasteiger partial charge < -0.3 is 15.4 Å². The van der Waals surface area contributed by atoms with Crippen molar-refractivity contribution in [3.63, 3.8) is 0 Å². The van der Waals surface area contributed by atoms with Gasteiger partial charge in [-0.2, -0.15) is 0 Å². The molecule has 4 nitrogen and oxygen atoms in total. The zero-order valence-corrected chi connectivity index (χ0v) is 9.34. The lowest BCUT2D eigenvalue weighted by atomic mass is 10.1. The molecule has 1 aliphatic heterocycles. The number of hydrogen-bond acceptors (Lipinski definition) is 3. The first-order chi connectivity index (χ1) is 6.52. The van der Waals surface area contributed by atoms with E-state index in [2.05, 4.69) is 0 Å². The first kappa shape index (κ1) is 11.4. The van der Waals surface area contributed by atoms with Crippen molar-refractivity contribution in [2.45, 2.75) is 20.0 Å². The summed E-state index contributed by atoms with van der Waals surface area (Å²) in [6.45, 7) is 5.55. The molecule has 1 aliphatic rings. The third-order valence-electron chi connectivity index (χ3n) is 2.35. The van der Waals surface area contributed by atoms with Crippen molar-refractivity contribution in [1.29, 1.82) is 0 Å². The molecule has 0 spiro atoms. The fourth-order valence-electron chi connectivity index (χ4n) is 1.41.